The Balaban J connectivity index is 1.58. The van der Waals surface area contributed by atoms with Gasteiger partial charge in [0.1, 0.15) is 0 Å². The van der Waals surface area contributed by atoms with Crippen LogP contribution in [0.25, 0.3) is 5.70 Å². The Morgan fingerprint density at radius 1 is 0.867 bits per heavy atom. The van der Waals surface area contributed by atoms with Crippen LogP contribution in [0.1, 0.15) is 41.2 Å². The lowest BCUT2D eigenvalue weighted by atomic mass is 9.84. The predicted octanol–water partition coefficient (Wildman–Crippen LogP) is 5.29. The number of hydrazine groups is 1. The smallest absolute Gasteiger partial charge is 0.242 e. The summed E-state index contributed by atoms with van der Waals surface area (Å²) in [4.78, 5) is 13.2. The fourth-order valence-corrected chi connectivity index (χ4v) is 4.37. The van der Waals surface area contributed by atoms with Crippen LogP contribution in [0, 0.1) is 19.8 Å². The van der Waals surface area contributed by atoms with Crippen molar-refractivity contribution in [2.24, 2.45) is 5.92 Å². The molecule has 1 saturated carbocycles. The Hall–Kier alpha value is -3.33. The van der Waals surface area contributed by atoms with Gasteiger partial charge in [0.2, 0.25) is 5.91 Å². The molecule has 1 amide bonds. The SMILES string of the molecule is CC=C(NNC(=O)C1CC1(c1cccc(C)c1)c1cccc(C)c1)c1ccccc1. The molecule has 0 spiro atoms. The Labute approximate surface area is 178 Å². The number of amides is 1. The highest BCUT2D eigenvalue weighted by molar-refractivity contribution is 5.86. The molecule has 1 atom stereocenters. The van der Waals surface area contributed by atoms with Crippen LogP contribution in [-0.4, -0.2) is 5.91 Å². The summed E-state index contributed by atoms with van der Waals surface area (Å²) in [5.41, 5.74) is 12.6. The van der Waals surface area contributed by atoms with E-state index >= 15 is 0 Å². The molecule has 0 heterocycles. The topological polar surface area (TPSA) is 41.1 Å². The molecule has 2 N–H and O–H groups in total. The van der Waals surface area contributed by atoms with Gasteiger partial charge in [-0.1, -0.05) is 96.1 Å². The van der Waals surface area contributed by atoms with E-state index in [0.717, 1.165) is 17.7 Å². The molecule has 0 saturated heterocycles. The molecular weight excluding hydrogens is 368 g/mol. The van der Waals surface area contributed by atoms with Crippen LogP contribution < -0.4 is 10.9 Å². The van der Waals surface area contributed by atoms with Crippen molar-refractivity contribution in [3.05, 3.63) is 113 Å². The van der Waals surface area contributed by atoms with E-state index < -0.39 is 0 Å². The third-order valence-corrected chi connectivity index (χ3v) is 6.04. The largest absolute Gasteiger partial charge is 0.298 e. The fourth-order valence-electron chi connectivity index (χ4n) is 4.37. The van der Waals surface area contributed by atoms with Crippen LogP contribution in [0.4, 0.5) is 0 Å². The zero-order valence-electron chi connectivity index (χ0n) is 17.8. The molecule has 0 bridgehead atoms. The van der Waals surface area contributed by atoms with E-state index in [-0.39, 0.29) is 17.2 Å². The van der Waals surface area contributed by atoms with E-state index in [1.807, 2.05) is 43.3 Å². The first kappa shape index (κ1) is 20.0. The monoisotopic (exact) mass is 396 g/mol. The first-order valence-corrected chi connectivity index (χ1v) is 10.5. The highest BCUT2D eigenvalue weighted by Crippen LogP contribution is 2.59. The molecule has 1 fully saturated rings. The van der Waals surface area contributed by atoms with Crippen LogP contribution >= 0.6 is 0 Å². The first-order valence-electron chi connectivity index (χ1n) is 10.5. The van der Waals surface area contributed by atoms with Crippen molar-refractivity contribution in [1.82, 2.24) is 10.9 Å². The van der Waals surface area contributed by atoms with E-state index in [1.54, 1.807) is 0 Å². The molecule has 0 aliphatic heterocycles. The van der Waals surface area contributed by atoms with Gasteiger partial charge in [0.05, 0.1) is 11.6 Å². The number of aryl methyl sites for hydroxylation is 2. The third-order valence-electron chi connectivity index (χ3n) is 6.04. The number of rotatable bonds is 6. The number of allylic oxidation sites excluding steroid dienone is 1. The molecule has 3 aromatic carbocycles. The average molecular weight is 397 g/mol. The minimum atomic E-state index is -0.271. The van der Waals surface area contributed by atoms with Gasteiger partial charge in [-0.15, -0.1) is 0 Å². The van der Waals surface area contributed by atoms with Gasteiger partial charge in [-0.25, -0.2) is 0 Å². The lowest BCUT2D eigenvalue weighted by Gasteiger charge is -2.20. The second-order valence-electron chi connectivity index (χ2n) is 8.15. The second kappa shape index (κ2) is 8.19. The summed E-state index contributed by atoms with van der Waals surface area (Å²) in [6.45, 7) is 6.16. The van der Waals surface area contributed by atoms with Crippen LogP contribution in [0.15, 0.2) is 84.9 Å². The molecule has 152 valence electrons. The number of nitrogens with one attached hydrogen (secondary N) is 2. The Morgan fingerprint density at radius 3 is 2.00 bits per heavy atom. The summed E-state index contributed by atoms with van der Waals surface area (Å²) >= 11 is 0. The van der Waals surface area contributed by atoms with Crippen LogP contribution in [0.2, 0.25) is 0 Å². The summed E-state index contributed by atoms with van der Waals surface area (Å²) in [7, 11) is 0. The maximum Gasteiger partial charge on any atom is 0.242 e. The summed E-state index contributed by atoms with van der Waals surface area (Å²) in [6.07, 6.45) is 2.78. The first-order chi connectivity index (χ1) is 14.5. The quantitative estimate of drug-likeness (QED) is 0.556. The Morgan fingerprint density at radius 2 is 1.47 bits per heavy atom. The maximum atomic E-state index is 13.2. The van der Waals surface area contributed by atoms with Crippen molar-refractivity contribution in [3.63, 3.8) is 0 Å². The van der Waals surface area contributed by atoms with Crippen LogP contribution in [0.5, 0.6) is 0 Å². The summed E-state index contributed by atoms with van der Waals surface area (Å²) in [6, 6.07) is 27.1. The van der Waals surface area contributed by atoms with Crippen molar-refractivity contribution in [2.75, 3.05) is 0 Å². The molecular formula is C27H28N2O. The molecule has 0 radical (unpaired) electrons. The molecule has 3 nitrogen and oxygen atoms in total. The van der Waals surface area contributed by atoms with Gasteiger partial charge >= 0.3 is 0 Å². The fraction of sp³-hybridized carbons (Fsp3) is 0.222. The van der Waals surface area contributed by atoms with E-state index in [1.165, 1.54) is 22.3 Å². The van der Waals surface area contributed by atoms with Crippen molar-refractivity contribution in [3.8, 4) is 0 Å². The van der Waals surface area contributed by atoms with Crippen molar-refractivity contribution in [1.29, 1.82) is 0 Å². The van der Waals surface area contributed by atoms with Gasteiger partial charge < -0.3 is 0 Å². The zero-order valence-corrected chi connectivity index (χ0v) is 17.8. The highest BCUT2D eigenvalue weighted by Gasteiger charge is 2.60. The Kier molecular flexibility index (Phi) is 5.45. The molecule has 1 unspecified atom stereocenters. The maximum absolute atomic E-state index is 13.2. The lowest BCUT2D eigenvalue weighted by Crippen LogP contribution is -2.38. The molecule has 1 aliphatic carbocycles. The van der Waals surface area contributed by atoms with Crippen LogP contribution in [0.3, 0.4) is 0 Å². The molecule has 0 aromatic heterocycles. The van der Waals surface area contributed by atoms with E-state index in [2.05, 4.69) is 73.2 Å². The number of carbonyl (C=O) groups is 1. The zero-order chi connectivity index (χ0) is 21.1. The van der Waals surface area contributed by atoms with Gasteiger partial charge in [0.25, 0.3) is 0 Å². The van der Waals surface area contributed by atoms with Gasteiger partial charge in [-0.3, -0.25) is 15.6 Å². The molecule has 4 rings (SSSR count). The second-order valence-corrected chi connectivity index (χ2v) is 8.15. The van der Waals surface area contributed by atoms with E-state index in [9.17, 15) is 4.79 Å². The minimum Gasteiger partial charge on any atom is -0.298 e. The van der Waals surface area contributed by atoms with Gasteiger partial charge in [0.15, 0.2) is 0 Å². The normalized spacial score (nSPS) is 17.3. The van der Waals surface area contributed by atoms with Gasteiger partial charge in [-0.05, 0) is 43.9 Å². The van der Waals surface area contributed by atoms with Crippen LogP contribution in [-0.2, 0) is 10.2 Å². The average Bonchev–Trinajstić information content (AvgIpc) is 3.52. The number of hydrogen-bond donors (Lipinski definition) is 2. The Bertz CT molecular complexity index is 1040. The number of carbonyl (C=O) groups excluding carboxylic acids is 1. The van der Waals surface area contributed by atoms with Crippen molar-refractivity contribution >= 4 is 11.6 Å². The van der Waals surface area contributed by atoms with E-state index in [4.69, 9.17) is 0 Å². The number of benzene rings is 3. The van der Waals surface area contributed by atoms with Crippen molar-refractivity contribution < 1.29 is 4.79 Å². The van der Waals surface area contributed by atoms with Gasteiger partial charge in [0, 0.05) is 5.41 Å². The summed E-state index contributed by atoms with van der Waals surface area (Å²) < 4.78 is 0. The highest BCUT2D eigenvalue weighted by atomic mass is 16.2. The van der Waals surface area contributed by atoms with Crippen molar-refractivity contribution in [2.45, 2.75) is 32.6 Å². The molecule has 3 heteroatoms. The van der Waals surface area contributed by atoms with Gasteiger partial charge in [-0.2, -0.15) is 0 Å². The molecule has 3 aromatic rings. The molecule has 30 heavy (non-hydrogen) atoms. The molecule has 1 aliphatic rings. The minimum absolute atomic E-state index is 0.0216. The summed E-state index contributed by atoms with van der Waals surface area (Å²) in [5, 5.41) is 0. The predicted molar refractivity (Wildman–Crippen MR) is 123 cm³/mol. The third kappa shape index (κ3) is 3.76. The lowest BCUT2D eigenvalue weighted by molar-refractivity contribution is -0.123. The standard InChI is InChI=1S/C27H28N2O/c1-4-25(21-12-6-5-7-13-21)28-29-26(30)24-18-27(24,22-14-8-10-19(2)16-22)23-15-9-11-20(3)17-23/h4-17,24,28H,18H2,1-3H3,(H,29,30). The summed E-state index contributed by atoms with van der Waals surface area (Å²) in [5.74, 6) is -0.0872. The number of hydrogen-bond acceptors (Lipinski definition) is 2. The van der Waals surface area contributed by atoms with E-state index in [0.29, 0.717) is 0 Å².